The number of methoxy groups -OCH3 is 1. The van der Waals surface area contributed by atoms with Gasteiger partial charge in [-0.25, -0.2) is 4.98 Å². The zero-order chi connectivity index (χ0) is 10.1. The summed E-state index contributed by atoms with van der Waals surface area (Å²) < 4.78 is 5.04. The Labute approximate surface area is 82.7 Å². The molecule has 3 N–H and O–H groups in total. The van der Waals surface area contributed by atoms with E-state index in [-0.39, 0.29) is 6.04 Å². The molecule has 76 valence electrons. The summed E-state index contributed by atoms with van der Waals surface area (Å²) in [6.07, 6.45) is 0.986. The normalized spacial score (nSPS) is 24.5. The molecule has 1 fully saturated rings. The topological polar surface area (TPSA) is 73.1 Å². The Bertz CT molecular complexity index is 342. The van der Waals surface area contributed by atoms with E-state index in [0.29, 0.717) is 17.9 Å². The van der Waals surface area contributed by atoms with Crippen molar-refractivity contribution in [3.63, 3.8) is 0 Å². The highest BCUT2D eigenvalue weighted by atomic mass is 16.5. The van der Waals surface area contributed by atoms with Crippen LogP contribution in [-0.2, 0) is 0 Å². The van der Waals surface area contributed by atoms with Crippen LogP contribution in [0.4, 0.5) is 5.95 Å². The fraction of sp³-hybridized carbons (Fsp3) is 0.556. The molecule has 14 heavy (non-hydrogen) atoms. The van der Waals surface area contributed by atoms with Crippen molar-refractivity contribution in [3.8, 4) is 5.88 Å². The molecule has 2 unspecified atom stereocenters. The molecule has 5 heteroatoms. The lowest BCUT2D eigenvalue weighted by Crippen LogP contribution is -2.15. The van der Waals surface area contributed by atoms with Crippen LogP contribution in [0.1, 0.15) is 12.1 Å². The van der Waals surface area contributed by atoms with Gasteiger partial charge in [-0.1, -0.05) is 0 Å². The van der Waals surface area contributed by atoms with Crippen LogP contribution in [0, 0.1) is 6.92 Å². The molecular weight excluding hydrogens is 180 g/mol. The van der Waals surface area contributed by atoms with Gasteiger partial charge in [-0.2, -0.15) is 4.98 Å². The van der Waals surface area contributed by atoms with E-state index in [4.69, 9.17) is 10.5 Å². The number of rotatable bonds is 3. The average Bonchev–Trinajstić information content (AvgIpc) is 2.80. The van der Waals surface area contributed by atoms with Gasteiger partial charge in [-0.15, -0.1) is 0 Å². The Morgan fingerprint density at radius 2 is 2.29 bits per heavy atom. The Kier molecular flexibility index (Phi) is 2.25. The van der Waals surface area contributed by atoms with Gasteiger partial charge >= 0.3 is 0 Å². The highest BCUT2D eigenvalue weighted by molar-refractivity contribution is 5.34. The van der Waals surface area contributed by atoms with Gasteiger partial charge in [-0.05, 0) is 13.3 Å². The minimum atomic E-state index is 0.241. The van der Waals surface area contributed by atoms with Gasteiger partial charge in [0.1, 0.15) is 0 Å². The van der Waals surface area contributed by atoms with Crippen LogP contribution < -0.4 is 15.8 Å². The van der Waals surface area contributed by atoms with Crippen LogP contribution in [0.25, 0.3) is 0 Å². The van der Waals surface area contributed by atoms with Crippen molar-refractivity contribution in [2.75, 3.05) is 12.4 Å². The zero-order valence-corrected chi connectivity index (χ0v) is 8.32. The fourth-order valence-electron chi connectivity index (χ4n) is 1.26. The van der Waals surface area contributed by atoms with E-state index < -0.39 is 0 Å². The van der Waals surface area contributed by atoms with Crippen LogP contribution in [0.5, 0.6) is 5.88 Å². The standard InChI is InChI=1S/C9H14N4O/c1-5-3-8(14-2)13-9(11-5)12-7-4-6(7)10/h3,6-7H,4,10H2,1-2H3,(H,11,12,13). The minimum absolute atomic E-state index is 0.241. The van der Waals surface area contributed by atoms with Gasteiger partial charge in [0.15, 0.2) is 0 Å². The summed E-state index contributed by atoms with van der Waals surface area (Å²) in [5.74, 6) is 1.18. The summed E-state index contributed by atoms with van der Waals surface area (Å²) >= 11 is 0. The number of hydrogen-bond donors (Lipinski definition) is 2. The Hall–Kier alpha value is -1.36. The summed E-state index contributed by atoms with van der Waals surface area (Å²) in [6, 6.07) is 2.35. The third-order valence-electron chi connectivity index (χ3n) is 2.19. The number of ether oxygens (including phenoxy) is 1. The van der Waals surface area contributed by atoms with Crippen LogP contribution in [0.15, 0.2) is 6.07 Å². The summed E-state index contributed by atoms with van der Waals surface area (Å²) in [5, 5.41) is 3.15. The number of nitrogens with zero attached hydrogens (tertiary/aromatic N) is 2. The lowest BCUT2D eigenvalue weighted by Gasteiger charge is -2.06. The largest absolute Gasteiger partial charge is 0.481 e. The number of nitrogens with one attached hydrogen (secondary N) is 1. The summed E-state index contributed by atoms with van der Waals surface area (Å²) in [4.78, 5) is 8.41. The van der Waals surface area contributed by atoms with Gasteiger partial charge in [0.05, 0.1) is 7.11 Å². The summed E-state index contributed by atoms with van der Waals surface area (Å²) in [6.45, 7) is 1.90. The third-order valence-corrected chi connectivity index (χ3v) is 2.19. The number of nitrogens with two attached hydrogens (primary N) is 1. The van der Waals surface area contributed by atoms with E-state index in [0.717, 1.165) is 12.1 Å². The van der Waals surface area contributed by atoms with E-state index in [1.165, 1.54) is 0 Å². The number of anilines is 1. The van der Waals surface area contributed by atoms with E-state index in [1.54, 1.807) is 13.2 Å². The maximum atomic E-state index is 5.67. The highest BCUT2D eigenvalue weighted by Crippen LogP contribution is 2.22. The van der Waals surface area contributed by atoms with E-state index >= 15 is 0 Å². The first kappa shape index (κ1) is 9.21. The molecule has 0 saturated heterocycles. The van der Waals surface area contributed by atoms with Crippen LogP contribution in [0.3, 0.4) is 0 Å². The second-order valence-corrected chi connectivity index (χ2v) is 3.53. The first-order chi connectivity index (χ1) is 6.69. The van der Waals surface area contributed by atoms with Gasteiger partial charge < -0.3 is 15.8 Å². The molecule has 2 atom stereocenters. The van der Waals surface area contributed by atoms with Crippen molar-refractivity contribution in [2.45, 2.75) is 25.4 Å². The maximum absolute atomic E-state index is 5.67. The molecule has 5 nitrogen and oxygen atoms in total. The molecule has 1 aliphatic rings. The van der Waals surface area contributed by atoms with Gasteiger partial charge in [0.25, 0.3) is 0 Å². The first-order valence-electron chi connectivity index (χ1n) is 4.61. The molecule has 1 saturated carbocycles. The minimum Gasteiger partial charge on any atom is -0.481 e. The zero-order valence-electron chi connectivity index (χ0n) is 8.32. The number of aromatic nitrogens is 2. The van der Waals surface area contributed by atoms with Crippen molar-refractivity contribution in [2.24, 2.45) is 5.73 Å². The average molecular weight is 194 g/mol. The fourth-order valence-corrected chi connectivity index (χ4v) is 1.26. The molecular formula is C9H14N4O. The van der Waals surface area contributed by atoms with E-state index in [2.05, 4.69) is 15.3 Å². The van der Waals surface area contributed by atoms with Crippen molar-refractivity contribution >= 4 is 5.95 Å². The van der Waals surface area contributed by atoms with Gasteiger partial charge in [0, 0.05) is 23.8 Å². The molecule has 1 aromatic rings. The Balaban J connectivity index is 2.12. The summed E-state index contributed by atoms with van der Waals surface area (Å²) in [5.41, 5.74) is 6.56. The van der Waals surface area contributed by atoms with Crippen molar-refractivity contribution in [1.82, 2.24) is 9.97 Å². The molecule has 0 spiro atoms. The molecule has 1 heterocycles. The highest BCUT2D eigenvalue weighted by Gasteiger charge is 2.33. The monoisotopic (exact) mass is 194 g/mol. The van der Waals surface area contributed by atoms with Crippen molar-refractivity contribution in [1.29, 1.82) is 0 Å². The lowest BCUT2D eigenvalue weighted by atomic mass is 10.4. The van der Waals surface area contributed by atoms with Crippen LogP contribution >= 0.6 is 0 Å². The predicted octanol–water partition coefficient (Wildman–Crippen LogP) is 0.305. The second kappa shape index (κ2) is 3.42. The summed E-state index contributed by atoms with van der Waals surface area (Å²) in [7, 11) is 1.59. The Morgan fingerprint density at radius 3 is 2.86 bits per heavy atom. The second-order valence-electron chi connectivity index (χ2n) is 3.53. The predicted molar refractivity (Wildman–Crippen MR) is 53.3 cm³/mol. The lowest BCUT2D eigenvalue weighted by molar-refractivity contribution is 0.397. The smallest absolute Gasteiger partial charge is 0.226 e. The molecule has 1 aliphatic carbocycles. The van der Waals surface area contributed by atoms with Crippen LogP contribution in [-0.4, -0.2) is 29.2 Å². The van der Waals surface area contributed by atoms with Crippen LogP contribution in [0.2, 0.25) is 0 Å². The SMILES string of the molecule is COc1cc(C)nc(NC2CC2N)n1. The first-order valence-corrected chi connectivity index (χ1v) is 4.61. The van der Waals surface area contributed by atoms with Gasteiger partial charge in [-0.3, -0.25) is 0 Å². The van der Waals surface area contributed by atoms with E-state index in [1.807, 2.05) is 6.92 Å². The number of hydrogen-bond acceptors (Lipinski definition) is 5. The van der Waals surface area contributed by atoms with Crippen molar-refractivity contribution < 1.29 is 4.74 Å². The molecule has 0 amide bonds. The molecule has 0 aliphatic heterocycles. The molecule has 0 bridgehead atoms. The van der Waals surface area contributed by atoms with Gasteiger partial charge in [0.2, 0.25) is 11.8 Å². The quantitative estimate of drug-likeness (QED) is 0.724. The molecule has 1 aromatic heterocycles. The third kappa shape index (κ3) is 1.93. The molecule has 0 radical (unpaired) electrons. The number of aryl methyl sites for hydroxylation is 1. The Morgan fingerprint density at radius 1 is 1.57 bits per heavy atom. The maximum Gasteiger partial charge on any atom is 0.226 e. The van der Waals surface area contributed by atoms with Crippen molar-refractivity contribution in [3.05, 3.63) is 11.8 Å². The molecule has 2 rings (SSSR count). The van der Waals surface area contributed by atoms with E-state index in [9.17, 15) is 0 Å². The molecule has 0 aromatic carbocycles.